The smallest absolute Gasteiger partial charge is 0.320 e. The minimum atomic E-state index is -4.61. The number of carbonyl (C=O) groups is 2. The van der Waals surface area contributed by atoms with Gasteiger partial charge in [-0.05, 0) is 12.8 Å². The fraction of sp³-hybridized carbons (Fsp3) is 0.667. The Balaban J connectivity index is 4.47. The molecule has 15 heavy (non-hydrogen) atoms. The summed E-state index contributed by atoms with van der Waals surface area (Å²) in [5.41, 5.74) is 9.80. The van der Waals surface area contributed by atoms with Crippen LogP contribution < -0.4 is 11.5 Å². The fourth-order valence-corrected chi connectivity index (χ4v) is 1.62. The summed E-state index contributed by atoms with van der Waals surface area (Å²) in [6.45, 7) is 0. The highest BCUT2D eigenvalue weighted by Gasteiger charge is 2.29. The first-order valence-corrected chi connectivity index (χ1v) is 5.40. The van der Waals surface area contributed by atoms with E-state index in [-0.39, 0.29) is 6.42 Å². The van der Waals surface area contributed by atoms with E-state index < -0.39 is 39.7 Å². The molecule has 0 aliphatic heterocycles. The number of aliphatic carboxylic acids is 1. The quantitative estimate of drug-likeness (QED) is 0.387. The third kappa shape index (κ3) is 4.72. The SMILES string of the molecule is NC(=O)[C@@H](CC[C@H](N)C(=O)O)S(=O)(=O)O. The van der Waals surface area contributed by atoms with E-state index in [1.54, 1.807) is 0 Å². The Morgan fingerprint density at radius 3 is 2.00 bits per heavy atom. The van der Waals surface area contributed by atoms with E-state index in [0.29, 0.717) is 0 Å². The molecule has 0 heterocycles. The molecule has 0 saturated heterocycles. The summed E-state index contributed by atoms with van der Waals surface area (Å²) in [4.78, 5) is 20.9. The van der Waals surface area contributed by atoms with Crippen molar-refractivity contribution in [3.05, 3.63) is 0 Å². The fourth-order valence-electron chi connectivity index (χ4n) is 0.892. The Hall–Kier alpha value is -1.19. The molecule has 1 amide bonds. The van der Waals surface area contributed by atoms with Crippen LogP contribution >= 0.6 is 0 Å². The molecule has 0 rings (SSSR count). The van der Waals surface area contributed by atoms with E-state index >= 15 is 0 Å². The van der Waals surface area contributed by atoms with Crippen LogP contribution in [0.15, 0.2) is 0 Å². The number of amides is 1. The number of primary amides is 1. The minimum absolute atomic E-state index is 0.275. The van der Waals surface area contributed by atoms with Crippen molar-refractivity contribution in [2.24, 2.45) is 11.5 Å². The van der Waals surface area contributed by atoms with Gasteiger partial charge in [-0.15, -0.1) is 0 Å². The Labute approximate surface area is 86.0 Å². The molecule has 6 N–H and O–H groups in total. The van der Waals surface area contributed by atoms with Gasteiger partial charge in [-0.1, -0.05) is 0 Å². The van der Waals surface area contributed by atoms with E-state index in [1.807, 2.05) is 0 Å². The predicted molar refractivity (Wildman–Crippen MR) is 49.4 cm³/mol. The number of hydrogen-bond acceptors (Lipinski definition) is 5. The molecule has 0 spiro atoms. The molecule has 2 atom stereocenters. The van der Waals surface area contributed by atoms with Crippen LogP contribution in [0.1, 0.15) is 12.8 Å². The van der Waals surface area contributed by atoms with Crippen LogP contribution in [0.4, 0.5) is 0 Å². The Kier molecular flexibility index (Phi) is 4.65. The zero-order valence-electron chi connectivity index (χ0n) is 7.66. The van der Waals surface area contributed by atoms with Gasteiger partial charge in [0.15, 0.2) is 5.25 Å². The first kappa shape index (κ1) is 13.8. The Morgan fingerprint density at radius 1 is 1.27 bits per heavy atom. The lowest BCUT2D eigenvalue weighted by Crippen LogP contribution is -2.38. The van der Waals surface area contributed by atoms with Crippen LogP contribution in [-0.2, 0) is 19.7 Å². The molecule has 0 radical (unpaired) electrons. The summed E-state index contributed by atoms with van der Waals surface area (Å²) >= 11 is 0. The standard InChI is InChI=1S/C6H12N2O6S/c7-3(6(10)11)1-2-4(5(8)9)15(12,13)14/h3-4H,1-2,7H2,(H2,8,9)(H,10,11)(H,12,13,14)/t3-,4+/m0/s1. The van der Waals surface area contributed by atoms with Gasteiger partial charge >= 0.3 is 5.97 Å². The van der Waals surface area contributed by atoms with E-state index in [1.165, 1.54) is 0 Å². The normalized spacial score (nSPS) is 15.6. The molecule has 0 aromatic carbocycles. The van der Waals surface area contributed by atoms with Crippen LogP contribution in [0.2, 0.25) is 0 Å². The highest BCUT2D eigenvalue weighted by Crippen LogP contribution is 2.08. The van der Waals surface area contributed by atoms with Gasteiger partial charge in [0.05, 0.1) is 0 Å². The third-order valence-corrected chi connectivity index (χ3v) is 2.92. The van der Waals surface area contributed by atoms with E-state index in [4.69, 9.17) is 21.1 Å². The Morgan fingerprint density at radius 2 is 1.73 bits per heavy atom. The highest BCUT2D eigenvalue weighted by molar-refractivity contribution is 7.87. The summed E-state index contributed by atoms with van der Waals surface area (Å²) in [6, 6.07) is -1.30. The van der Waals surface area contributed by atoms with Crippen LogP contribution in [0.3, 0.4) is 0 Å². The second kappa shape index (κ2) is 5.05. The summed E-state index contributed by atoms with van der Waals surface area (Å²) in [7, 11) is -4.61. The van der Waals surface area contributed by atoms with Gasteiger partial charge in [-0.25, -0.2) is 0 Å². The average molecular weight is 240 g/mol. The molecule has 0 aliphatic rings. The number of nitrogens with two attached hydrogens (primary N) is 2. The monoisotopic (exact) mass is 240 g/mol. The number of hydrogen-bond donors (Lipinski definition) is 4. The highest BCUT2D eigenvalue weighted by atomic mass is 32.2. The van der Waals surface area contributed by atoms with Gasteiger partial charge in [0, 0.05) is 0 Å². The maximum atomic E-state index is 10.6. The van der Waals surface area contributed by atoms with Crippen molar-refractivity contribution in [1.82, 2.24) is 0 Å². The zero-order valence-corrected chi connectivity index (χ0v) is 8.48. The molecule has 9 heteroatoms. The second-order valence-electron chi connectivity index (χ2n) is 2.93. The predicted octanol–water partition coefficient (Wildman–Crippen LogP) is -2.08. The number of carbonyl (C=O) groups excluding carboxylic acids is 1. The second-order valence-corrected chi connectivity index (χ2v) is 4.53. The van der Waals surface area contributed by atoms with Crippen molar-refractivity contribution in [3.8, 4) is 0 Å². The maximum absolute atomic E-state index is 10.6. The third-order valence-electron chi connectivity index (χ3n) is 1.73. The first-order valence-electron chi connectivity index (χ1n) is 3.90. The topological polar surface area (TPSA) is 161 Å². The molecule has 0 fully saturated rings. The van der Waals surface area contributed by atoms with Gasteiger partial charge in [0.25, 0.3) is 10.1 Å². The van der Waals surface area contributed by atoms with Crippen molar-refractivity contribution < 1.29 is 27.7 Å². The molecular formula is C6H12N2O6S. The lowest BCUT2D eigenvalue weighted by Gasteiger charge is -2.11. The van der Waals surface area contributed by atoms with Gasteiger partial charge in [0.1, 0.15) is 6.04 Å². The van der Waals surface area contributed by atoms with E-state index in [9.17, 15) is 18.0 Å². The largest absolute Gasteiger partial charge is 0.480 e. The maximum Gasteiger partial charge on any atom is 0.320 e. The summed E-state index contributed by atoms with van der Waals surface area (Å²) in [5.74, 6) is -2.57. The first-order chi connectivity index (χ1) is 6.66. The lowest BCUT2D eigenvalue weighted by atomic mass is 10.1. The van der Waals surface area contributed by atoms with Crippen LogP contribution in [0.5, 0.6) is 0 Å². The summed E-state index contributed by atoms with van der Waals surface area (Å²) < 4.78 is 29.8. The molecule has 0 aromatic rings. The van der Waals surface area contributed by atoms with E-state index in [0.717, 1.165) is 0 Å². The molecule has 0 aromatic heterocycles. The van der Waals surface area contributed by atoms with Crippen LogP contribution in [-0.4, -0.2) is 41.2 Å². The van der Waals surface area contributed by atoms with Crippen molar-refractivity contribution in [3.63, 3.8) is 0 Å². The van der Waals surface area contributed by atoms with Crippen molar-refractivity contribution in [2.75, 3.05) is 0 Å². The number of carboxylic acids is 1. The summed E-state index contributed by atoms with van der Waals surface area (Å²) in [6.07, 6.45) is -0.704. The average Bonchev–Trinajstić information content (AvgIpc) is 2.00. The van der Waals surface area contributed by atoms with Crippen molar-refractivity contribution in [2.45, 2.75) is 24.1 Å². The zero-order chi connectivity index (χ0) is 12.2. The number of carboxylic acid groups (broad SMARTS) is 1. The molecule has 0 aliphatic carbocycles. The van der Waals surface area contributed by atoms with Gasteiger partial charge in [-0.2, -0.15) is 8.42 Å². The van der Waals surface area contributed by atoms with Crippen molar-refractivity contribution >= 4 is 22.0 Å². The van der Waals surface area contributed by atoms with Crippen LogP contribution in [0, 0.1) is 0 Å². The van der Waals surface area contributed by atoms with Gasteiger partial charge < -0.3 is 16.6 Å². The Bertz CT molecular complexity index is 351. The lowest BCUT2D eigenvalue weighted by molar-refractivity contribution is -0.138. The molecule has 8 nitrogen and oxygen atoms in total. The molecule has 88 valence electrons. The van der Waals surface area contributed by atoms with E-state index in [2.05, 4.69) is 0 Å². The molecule has 0 unspecified atom stereocenters. The van der Waals surface area contributed by atoms with Crippen LogP contribution in [0.25, 0.3) is 0 Å². The molecular weight excluding hydrogens is 228 g/mol. The van der Waals surface area contributed by atoms with Crippen molar-refractivity contribution in [1.29, 1.82) is 0 Å². The van der Waals surface area contributed by atoms with Gasteiger partial charge in [0.2, 0.25) is 5.91 Å². The molecule has 0 saturated carbocycles. The van der Waals surface area contributed by atoms with Gasteiger partial charge in [-0.3, -0.25) is 14.1 Å². The minimum Gasteiger partial charge on any atom is -0.480 e. The number of rotatable bonds is 6. The summed E-state index contributed by atoms with van der Waals surface area (Å²) in [5, 5.41) is 6.57. The molecule has 0 bridgehead atoms.